The zero-order valence-corrected chi connectivity index (χ0v) is 16.4. The summed E-state index contributed by atoms with van der Waals surface area (Å²) in [4.78, 5) is 14.4. The summed E-state index contributed by atoms with van der Waals surface area (Å²) < 4.78 is 26.0. The Morgan fingerprint density at radius 2 is 1.58 bits per heavy atom. The molecule has 6 heteroatoms. The SMILES string of the molecule is CCc1ccccc1N(CCC(=O)N(CC)c1ccccc1)S(C)(=O)=O. The summed E-state index contributed by atoms with van der Waals surface area (Å²) in [6.45, 7) is 4.55. The van der Waals surface area contributed by atoms with Gasteiger partial charge in [0.2, 0.25) is 15.9 Å². The lowest BCUT2D eigenvalue weighted by Crippen LogP contribution is -2.37. The molecule has 26 heavy (non-hydrogen) atoms. The van der Waals surface area contributed by atoms with Crippen molar-refractivity contribution in [1.82, 2.24) is 0 Å². The number of hydrogen-bond acceptors (Lipinski definition) is 3. The molecule has 0 N–H and O–H groups in total. The van der Waals surface area contributed by atoms with E-state index in [4.69, 9.17) is 0 Å². The van der Waals surface area contributed by atoms with E-state index in [1.807, 2.05) is 62.4 Å². The van der Waals surface area contributed by atoms with Crippen molar-refractivity contribution in [2.75, 3.05) is 28.6 Å². The number of carbonyl (C=O) groups is 1. The largest absolute Gasteiger partial charge is 0.313 e. The predicted molar refractivity (Wildman–Crippen MR) is 107 cm³/mol. The van der Waals surface area contributed by atoms with Gasteiger partial charge in [-0.25, -0.2) is 8.42 Å². The molecule has 0 aliphatic carbocycles. The first kappa shape index (κ1) is 20.0. The van der Waals surface area contributed by atoms with Crippen molar-refractivity contribution >= 4 is 27.3 Å². The highest BCUT2D eigenvalue weighted by atomic mass is 32.2. The Labute approximate surface area is 156 Å². The van der Waals surface area contributed by atoms with Crippen molar-refractivity contribution in [3.8, 4) is 0 Å². The number of amides is 1. The molecule has 2 aromatic rings. The van der Waals surface area contributed by atoms with Gasteiger partial charge in [0.1, 0.15) is 0 Å². The van der Waals surface area contributed by atoms with Crippen LogP contribution in [0.4, 0.5) is 11.4 Å². The van der Waals surface area contributed by atoms with Gasteiger partial charge in [0.25, 0.3) is 0 Å². The monoisotopic (exact) mass is 374 g/mol. The van der Waals surface area contributed by atoms with Crippen molar-refractivity contribution in [3.63, 3.8) is 0 Å². The minimum atomic E-state index is -3.48. The number of sulfonamides is 1. The third kappa shape index (κ3) is 4.85. The highest BCUT2D eigenvalue weighted by molar-refractivity contribution is 7.92. The molecule has 0 aliphatic heterocycles. The van der Waals surface area contributed by atoms with E-state index >= 15 is 0 Å². The molecule has 0 radical (unpaired) electrons. The normalized spacial score (nSPS) is 11.2. The van der Waals surface area contributed by atoms with Gasteiger partial charge in [-0.3, -0.25) is 9.10 Å². The smallest absolute Gasteiger partial charge is 0.232 e. The first-order valence-corrected chi connectivity index (χ1v) is 10.6. The summed E-state index contributed by atoms with van der Waals surface area (Å²) in [7, 11) is -3.48. The van der Waals surface area contributed by atoms with Gasteiger partial charge in [-0.15, -0.1) is 0 Å². The second-order valence-electron chi connectivity index (χ2n) is 6.04. The number of benzene rings is 2. The van der Waals surface area contributed by atoms with E-state index < -0.39 is 10.0 Å². The van der Waals surface area contributed by atoms with Gasteiger partial charge in [-0.05, 0) is 37.1 Å². The van der Waals surface area contributed by atoms with Gasteiger partial charge in [-0.1, -0.05) is 43.3 Å². The Morgan fingerprint density at radius 3 is 2.15 bits per heavy atom. The number of aryl methyl sites for hydroxylation is 1. The summed E-state index contributed by atoms with van der Waals surface area (Å²) in [6, 6.07) is 16.8. The lowest BCUT2D eigenvalue weighted by Gasteiger charge is -2.26. The quantitative estimate of drug-likeness (QED) is 0.711. The van der Waals surface area contributed by atoms with Crippen LogP contribution in [0.2, 0.25) is 0 Å². The van der Waals surface area contributed by atoms with E-state index in [9.17, 15) is 13.2 Å². The van der Waals surface area contributed by atoms with Crippen LogP contribution in [0.25, 0.3) is 0 Å². The first-order chi connectivity index (χ1) is 12.4. The molecule has 0 fully saturated rings. The molecule has 0 bridgehead atoms. The average Bonchev–Trinajstić information content (AvgIpc) is 2.62. The van der Waals surface area contributed by atoms with E-state index in [1.54, 1.807) is 11.0 Å². The molecule has 0 unspecified atom stereocenters. The lowest BCUT2D eigenvalue weighted by atomic mass is 10.1. The van der Waals surface area contributed by atoms with Gasteiger partial charge < -0.3 is 4.90 Å². The number of carbonyl (C=O) groups excluding carboxylic acids is 1. The molecule has 0 atom stereocenters. The van der Waals surface area contributed by atoms with Crippen molar-refractivity contribution in [3.05, 3.63) is 60.2 Å². The van der Waals surface area contributed by atoms with Gasteiger partial charge in [0.15, 0.2) is 0 Å². The van der Waals surface area contributed by atoms with Gasteiger partial charge in [0.05, 0.1) is 11.9 Å². The van der Waals surface area contributed by atoms with Crippen molar-refractivity contribution in [1.29, 1.82) is 0 Å². The summed E-state index contributed by atoms with van der Waals surface area (Å²) in [6.07, 6.45) is 2.02. The predicted octanol–water partition coefficient (Wildman–Crippen LogP) is 3.46. The number of rotatable bonds is 8. The third-order valence-corrected chi connectivity index (χ3v) is 5.44. The fraction of sp³-hybridized carbons (Fsp3) is 0.350. The minimum absolute atomic E-state index is 0.0960. The zero-order chi connectivity index (χ0) is 19.2. The van der Waals surface area contributed by atoms with Crippen molar-refractivity contribution in [2.24, 2.45) is 0 Å². The summed E-state index contributed by atoms with van der Waals surface area (Å²) in [5.41, 5.74) is 2.41. The second kappa shape index (κ2) is 8.85. The van der Waals surface area contributed by atoms with Crippen molar-refractivity contribution in [2.45, 2.75) is 26.7 Å². The van der Waals surface area contributed by atoms with Gasteiger partial charge in [-0.2, -0.15) is 0 Å². The number of nitrogens with zero attached hydrogens (tertiary/aromatic N) is 2. The topological polar surface area (TPSA) is 57.7 Å². The van der Waals surface area contributed by atoms with E-state index in [1.165, 1.54) is 10.6 Å². The van der Waals surface area contributed by atoms with Crippen LogP contribution in [-0.2, 0) is 21.2 Å². The molecular weight excluding hydrogens is 348 g/mol. The second-order valence-corrected chi connectivity index (χ2v) is 7.95. The maximum atomic E-state index is 12.7. The number of para-hydroxylation sites is 2. The molecule has 2 rings (SSSR count). The molecule has 2 aromatic carbocycles. The summed E-state index contributed by atoms with van der Waals surface area (Å²) in [5, 5.41) is 0. The Kier molecular flexibility index (Phi) is 6.80. The Balaban J connectivity index is 2.21. The van der Waals surface area contributed by atoms with Crippen LogP contribution in [0, 0.1) is 0 Å². The molecule has 0 spiro atoms. The maximum absolute atomic E-state index is 12.7. The summed E-state index contributed by atoms with van der Waals surface area (Å²) in [5.74, 6) is -0.0960. The van der Waals surface area contributed by atoms with Crippen molar-refractivity contribution < 1.29 is 13.2 Å². The highest BCUT2D eigenvalue weighted by Crippen LogP contribution is 2.24. The van der Waals surface area contributed by atoms with Crippen LogP contribution in [0.1, 0.15) is 25.8 Å². The van der Waals surface area contributed by atoms with Gasteiger partial charge >= 0.3 is 0 Å². The maximum Gasteiger partial charge on any atom is 0.232 e. The molecule has 0 saturated carbocycles. The first-order valence-electron chi connectivity index (χ1n) is 8.79. The molecule has 5 nitrogen and oxygen atoms in total. The molecule has 0 aliphatic rings. The Hall–Kier alpha value is -2.34. The number of hydrogen-bond donors (Lipinski definition) is 0. The molecule has 0 saturated heterocycles. The fourth-order valence-electron chi connectivity index (χ4n) is 2.96. The average molecular weight is 375 g/mol. The Bertz CT molecular complexity index is 835. The molecule has 0 heterocycles. The van der Waals surface area contributed by atoms with Crippen LogP contribution in [0.3, 0.4) is 0 Å². The highest BCUT2D eigenvalue weighted by Gasteiger charge is 2.22. The number of anilines is 2. The van der Waals surface area contributed by atoms with Crippen LogP contribution < -0.4 is 9.21 Å². The molecule has 1 amide bonds. The zero-order valence-electron chi connectivity index (χ0n) is 15.6. The van der Waals surface area contributed by atoms with E-state index in [0.29, 0.717) is 12.2 Å². The molecule has 0 aromatic heterocycles. The van der Waals surface area contributed by atoms with E-state index in [2.05, 4.69) is 0 Å². The molecular formula is C20H26N2O3S. The fourth-order valence-corrected chi connectivity index (χ4v) is 3.92. The third-order valence-electron chi connectivity index (χ3n) is 4.26. The standard InChI is InChI=1S/C20H26N2O3S/c1-4-17-11-9-10-14-19(17)22(26(3,24)25)16-15-20(23)21(5-2)18-12-7-6-8-13-18/h6-14H,4-5,15-16H2,1-3H3. The van der Waals surface area contributed by atoms with Crippen LogP contribution in [-0.4, -0.2) is 33.7 Å². The van der Waals surface area contributed by atoms with Gasteiger partial charge in [0, 0.05) is 25.2 Å². The lowest BCUT2D eigenvalue weighted by molar-refractivity contribution is -0.118. The molecule has 140 valence electrons. The Morgan fingerprint density at radius 1 is 0.962 bits per heavy atom. The van der Waals surface area contributed by atoms with E-state index in [-0.39, 0.29) is 18.9 Å². The van der Waals surface area contributed by atoms with Crippen LogP contribution in [0.5, 0.6) is 0 Å². The van der Waals surface area contributed by atoms with Crippen LogP contribution >= 0.6 is 0 Å². The van der Waals surface area contributed by atoms with E-state index in [0.717, 1.165) is 17.7 Å². The summed E-state index contributed by atoms with van der Waals surface area (Å²) >= 11 is 0. The van der Waals surface area contributed by atoms with Crippen LogP contribution in [0.15, 0.2) is 54.6 Å². The minimum Gasteiger partial charge on any atom is -0.313 e.